The Labute approximate surface area is 176 Å². The molecule has 0 saturated heterocycles. The first-order chi connectivity index (χ1) is 14.5. The number of anilines is 1. The number of rotatable bonds is 8. The van der Waals surface area contributed by atoms with Crippen LogP contribution in [0.15, 0.2) is 60.0 Å². The number of hydrogen-bond acceptors (Lipinski definition) is 7. The van der Waals surface area contributed by atoms with Gasteiger partial charge in [-0.15, -0.1) is 11.3 Å². The highest BCUT2D eigenvalue weighted by Crippen LogP contribution is 2.36. The lowest BCUT2D eigenvalue weighted by molar-refractivity contribution is -0.384. The minimum absolute atomic E-state index is 0.0572. The first-order valence-electron chi connectivity index (χ1n) is 9.00. The molecule has 0 aliphatic rings. The Balaban J connectivity index is 1.82. The maximum absolute atomic E-state index is 12.6. The quantitative estimate of drug-likeness (QED) is 0.322. The van der Waals surface area contributed by atoms with Crippen molar-refractivity contribution in [2.24, 2.45) is 0 Å². The second kappa shape index (κ2) is 9.66. The molecule has 154 valence electrons. The van der Waals surface area contributed by atoms with Crippen LogP contribution in [-0.4, -0.2) is 30.0 Å². The Hall–Kier alpha value is -3.72. The number of nitrogens with zero attached hydrogens (tertiary/aromatic N) is 1. The van der Waals surface area contributed by atoms with E-state index in [0.717, 1.165) is 11.3 Å². The minimum atomic E-state index is -0.591. The van der Waals surface area contributed by atoms with Gasteiger partial charge in [0.15, 0.2) is 6.61 Å². The third kappa shape index (κ3) is 5.00. The standard InChI is InChI=1S/C21H18N2O6S/c1-2-28-21(25)19-17(14-8-10-15(11-9-14)23(26)27)13-30-20(19)22-18(24)12-29-16-6-4-3-5-7-16/h3-11,13H,2,12H2,1H3,(H,22,24). The molecule has 1 heterocycles. The summed E-state index contributed by atoms with van der Waals surface area (Å²) in [4.78, 5) is 35.3. The maximum Gasteiger partial charge on any atom is 0.341 e. The Morgan fingerprint density at radius 3 is 2.43 bits per heavy atom. The fraction of sp³-hybridized carbons (Fsp3) is 0.143. The third-order valence-electron chi connectivity index (χ3n) is 4.03. The lowest BCUT2D eigenvalue weighted by atomic mass is 10.0. The molecule has 0 atom stereocenters. The number of hydrogen-bond donors (Lipinski definition) is 1. The first kappa shape index (κ1) is 21.0. The summed E-state index contributed by atoms with van der Waals surface area (Å²) in [6.45, 7) is 1.62. The molecule has 0 fully saturated rings. The van der Waals surface area contributed by atoms with E-state index in [1.807, 2.05) is 6.07 Å². The summed E-state index contributed by atoms with van der Waals surface area (Å²) in [5.41, 5.74) is 1.26. The van der Waals surface area contributed by atoms with Crippen LogP contribution in [-0.2, 0) is 9.53 Å². The van der Waals surface area contributed by atoms with Gasteiger partial charge in [-0.25, -0.2) is 4.79 Å². The summed E-state index contributed by atoms with van der Waals surface area (Å²) in [6, 6.07) is 14.7. The van der Waals surface area contributed by atoms with Crippen molar-refractivity contribution in [3.05, 3.63) is 75.7 Å². The van der Waals surface area contributed by atoms with E-state index in [1.54, 1.807) is 48.7 Å². The molecule has 0 aliphatic carbocycles. The number of carbonyl (C=O) groups is 2. The Bertz CT molecular complexity index is 1050. The molecule has 3 rings (SSSR count). The monoisotopic (exact) mass is 426 g/mol. The van der Waals surface area contributed by atoms with Gasteiger partial charge in [-0.05, 0) is 36.8 Å². The molecule has 0 spiro atoms. The molecule has 0 bridgehead atoms. The average molecular weight is 426 g/mol. The summed E-state index contributed by atoms with van der Waals surface area (Å²) in [6.07, 6.45) is 0. The number of thiophene rings is 1. The van der Waals surface area contributed by atoms with Gasteiger partial charge in [0.2, 0.25) is 0 Å². The maximum atomic E-state index is 12.6. The van der Waals surface area contributed by atoms with Gasteiger partial charge >= 0.3 is 5.97 Å². The molecule has 1 N–H and O–H groups in total. The fourth-order valence-electron chi connectivity index (χ4n) is 2.66. The lowest BCUT2D eigenvalue weighted by Crippen LogP contribution is -2.21. The van der Waals surface area contributed by atoms with Crippen molar-refractivity contribution < 1.29 is 24.0 Å². The van der Waals surface area contributed by atoms with Gasteiger partial charge in [0, 0.05) is 23.1 Å². The van der Waals surface area contributed by atoms with Gasteiger partial charge in [0.05, 0.1) is 11.5 Å². The number of amides is 1. The first-order valence-corrected chi connectivity index (χ1v) is 9.88. The number of carbonyl (C=O) groups excluding carboxylic acids is 2. The fourth-order valence-corrected chi connectivity index (χ4v) is 3.63. The molecule has 30 heavy (non-hydrogen) atoms. The smallest absolute Gasteiger partial charge is 0.341 e. The van der Waals surface area contributed by atoms with Crippen molar-refractivity contribution in [1.29, 1.82) is 0 Å². The number of non-ortho nitro benzene ring substituents is 1. The van der Waals surface area contributed by atoms with E-state index in [2.05, 4.69) is 5.32 Å². The summed E-state index contributed by atoms with van der Waals surface area (Å²) in [7, 11) is 0. The highest BCUT2D eigenvalue weighted by Gasteiger charge is 2.23. The zero-order valence-electron chi connectivity index (χ0n) is 16.0. The van der Waals surface area contributed by atoms with Gasteiger partial charge in [-0.3, -0.25) is 14.9 Å². The van der Waals surface area contributed by atoms with Crippen LogP contribution < -0.4 is 10.1 Å². The van der Waals surface area contributed by atoms with Crippen LogP contribution in [0, 0.1) is 10.1 Å². The summed E-state index contributed by atoms with van der Waals surface area (Å²) in [5.74, 6) is -0.469. The molecule has 0 radical (unpaired) electrons. The average Bonchev–Trinajstić information content (AvgIpc) is 3.16. The van der Waals surface area contributed by atoms with Crippen molar-refractivity contribution in [2.45, 2.75) is 6.92 Å². The minimum Gasteiger partial charge on any atom is -0.484 e. The molecule has 0 unspecified atom stereocenters. The van der Waals surface area contributed by atoms with Crippen molar-refractivity contribution in [1.82, 2.24) is 0 Å². The lowest BCUT2D eigenvalue weighted by Gasteiger charge is -2.09. The Morgan fingerprint density at radius 2 is 1.80 bits per heavy atom. The molecule has 1 aromatic heterocycles. The van der Waals surface area contributed by atoms with Crippen molar-refractivity contribution in [2.75, 3.05) is 18.5 Å². The SMILES string of the molecule is CCOC(=O)c1c(-c2ccc([N+](=O)[O-])cc2)csc1NC(=O)COc1ccccc1. The van der Waals surface area contributed by atoms with Crippen LogP contribution in [0.5, 0.6) is 5.75 Å². The van der Waals surface area contributed by atoms with Crippen LogP contribution >= 0.6 is 11.3 Å². The molecule has 1 amide bonds. The summed E-state index contributed by atoms with van der Waals surface area (Å²) >= 11 is 1.16. The van der Waals surface area contributed by atoms with E-state index in [0.29, 0.717) is 21.9 Å². The molecule has 0 aliphatic heterocycles. The molecular weight excluding hydrogens is 408 g/mol. The van der Waals surface area contributed by atoms with Crippen molar-refractivity contribution in [3.8, 4) is 16.9 Å². The second-order valence-electron chi connectivity index (χ2n) is 6.03. The zero-order valence-corrected chi connectivity index (χ0v) is 16.8. The number of benzene rings is 2. The van der Waals surface area contributed by atoms with E-state index in [4.69, 9.17) is 9.47 Å². The van der Waals surface area contributed by atoms with Crippen LogP contribution in [0.2, 0.25) is 0 Å². The molecule has 9 heteroatoms. The predicted octanol–water partition coefficient (Wildman–Crippen LogP) is 4.52. The summed E-state index contributed by atoms with van der Waals surface area (Å²) in [5, 5.41) is 15.6. The number of nitro benzene ring substituents is 1. The molecule has 2 aromatic carbocycles. The van der Waals surface area contributed by atoms with E-state index in [-0.39, 0.29) is 24.5 Å². The largest absolute Gasteiger partial charge is 0.484 e. The Morgan fingerprint density at radius 1 is 1.10 bits per heavy atom. The summed E-state index contributed by atoms with van der Waals surface area (Å²) < 4.78 is 10.6. The van der Waals surface area contributed by atoms with Crippen LogP contribution in [0.4, 0.5) is 10.7 Å². The molecular formula is C21H18N2O6S. The van der Waals surface area contributed by atoms with E-state index < -0.39 is 16.8 Å². The van der Waals surface area contributed by atoms with Gasteiger partial charge in [0.25, 0.3) is 11.6 Å². The topological polar surface area (TPSA) is 108 Å². The van der Waals surface area contributed by atoms with Crippen LogP contribution in [0.25, 0.3) is 11.1 Å². The van der Waals surface area contributed by atoms with Gasteiger partial charge in [-0.2, -0.15) is 0 Å². The molecule has 3 aromatic rings. The number of nitrogens with one attached hydrogen (secondary N) is 1. The van der Waals surface area contributed by atoms with Crippen LogP contribution in [0.3, 0.4) is 0 Å². The number of ether oxygens (including phenoxy) is 2. The van der Waals surface area contributed by atoms with E-state index >= 15 is 0 Å². The van der Waals surface area contributed by atoms with Gasteiger partial charge < -0.3 is 14.8 Å². The van der Waals surface area contributed by atoms with E-state index in [9.17, 15) is 19.7 Å². The second-order valence-corrected chi connectivity index (χ2v) is 6.91. The van der Waals surface area contributed by atoms with Crippen molar-refractivity contribution in [3.63, 3.8) is 0 Å². The van der Waals surface area contributed by atoms with Gasteiger partial charge in [-0.1, -0.05) is 18.2 Å². The number of esters is 1. The molecule has 8 nitrogen and oxygen atoms in total. The van der Waals surface area contributed by atoms with Crippen molar-refractivity contribution >= 4 is 33.9 Å². The highest BCUT2D eigenvalue weighted by atomic mass is 32.1. The van der Waals surface area contributed by atoms with E-state index in [1.165, 1.54) is 12.1 Å². The highest BCUT2D eigenvalue weighted by molar-refractivity contribution is 7.15. The van der Waals surface area contributed by atoms with Gasteiger partial charge in [0.1, 0.15) is 16.3 Å². The van der Waals surface area contributed by atoms with Crippen LogP contribution in [0.1, 0.15) is 17.3 Å². The zero-order chi connectivity index (χ0) is 21.5. The molecule has 0 saturated carbocycles. The number of nitro groups is 1. The normalized spacial score (nSPS) is 10.3. The third-order valence-corrected chi connectivity index (χ3v) is 4.92. The Kier molecular flexibility index (Phi) is 6.76. The number of para-hydroxylation sites is 1. The predicted molar refractivity (Wildman–Crippen MR) is 113 cm³/mol.